The van der Waals surface area contributed by atoms with E-state index in [1.165, 1.54) is 5.56 Å². The molecule has 4 heteroatoms. The minimum absolute atomic E-state index is 0.751. The summed E-state index contributed by atoms with van der Waals surface area (Å²) in [5, 5.41) is 4.49. The van der Waals surface area contributed by atoms with Gasteiger partial charge in [-0.2, -0.15) is 5.10 Å². The summed E-state index contributed by atoms with van der Waals surface area (Å²) in [6.07, 6.45) is 4.22. The van der Waals surface area contributed by atoms with Crippen LogP contribution in [0.15, 0.2) is 30.5 Å². The SMILES string of the molecule is CCCN(CCC)Cc1cnn(-c2ccccc2C)c1N. The summed E-state index contributed by atoms with van der Waals surface area (Å²) in [6, 6.07) is 8.18. The van der Waals surface area contributed by atoms with E-state index in [1.54, 1.807) is 0 Å². The molecule has 0 radical (unpaired) electrons. The quantitative estimate of drug-likeness (QED) is 0.848. The zero-order valence-electron chi connectivity index (χ0n) is 13.3. The average Bonchev–Trinajstić information content (AvgIpc) is 2.81. The molecule has 2 aromatic rings. The van der Waals surface area contributed by atoms with Gasteiger partial charge in [-0.25, -0.2) is 4.68 Å². The van der Waals surface area contributed by atoms with E-state index >= 15 is 0 Å². The molecule has 1 heterocycles. The van der Waals surface area contributed by atoms with Gasteiger partial charge in [-0.15, -0.1) is 0 Å². The van der Waals surface area contributed by atoms with Crippen LogP contribution in [0, 0.1) is 6.92 Å². The number of para-hydroxylation sites is 1. The van der Waals surface area contributed by atoms with E-state index in [0.717, 1.165) is 49.5 Å². The molecular formula is C17H26N4. The van der Waals surface area contributed by atoms with E-state index in [0.29, 0.717) is 0 Å². The van der Waals surface area contributed by atoms with Gasteiger partial charge < -0.3 is 5.73 Å². The highest BCUT2D eigenvalue weighted by Gasteiger charge is 2.13. The highest BCUT2D eigenvalue weighted by Crippen LogP contribution is 2.21. The fourth-order valence-electron chi connectivity index (χ4n) is 2.65. The molecule has 0 saturated carbocycles. The fraction of sp³-hybridized carbons (Fsp3) is 0.471. The van der Waals surface area contributed by atoms with E-state index in [4.69, 9.17) is 5.73 Å². The van der Waals surface area contributed by atoms with Crippen molar-refractivity contribution in [1.82, 2.24) is 14.7 Å². The lowest BCUT2D eigenvalue weighted by Crippen LogP contribution is -2.25. The zero-order chi connectivity index (χ0) is 15.2. The third kappa shape index (κ3) is 3.64. The Morgan fingerprint density at radius 1 is 1.14 bits per heavy atom. The number of nitrogen functional groups attached to an aromatic ring is 1. The smallest absolute Gasteiger partial charge is 0.131 e. The monoisotopic (exact) mass is 286 g/mol. The maximum absolute atomic E-state index is 6.32. The highest BCUT2D eigenvalue weighted by atomic mass is 15.3. The summed E-state index contributed by atoms with van der Waals surface area (Å²) in [5.41, 5.74) is 9.66. The third-order valence-electron chi connectivity index (χ3n) is 3.70. The molecule has 0 aliphatic carbocycles. The normalized spacial score (nSPS) is 11.2. The van der Waals surface area contributed by atoms with Crippen LogP contribution in [0.2, 0.25) is 0 Å². The summed E-state index contributed by atoms with van der Waals surface area (Å²) in [5.74, 6) is 0.751. The number of rotatable bonds is 7. The number of hydrogen-bond acceptors (Lipinski definition) is 3. The van der Waals surface area contributed by atoms with Gasteiger partial charge in [-0.1, -0.05) is 32.0 Å². The number of aryl methyl sites for hydroxylation is 1. The average molecular weight is 286 g/mol. The molecule has 0 amide bonds. The lowest BCUT2D eigenvalue weighted by atomic mass is 10.2. The van der Waals surface area contributed by atoms with E-state index in [1.807, 2.05) is 23.0 Å². The first-order chi connectivity index (χ1) is 10.2. The number of nitrogens with two attached hydrogens (primary N) is 1. The number of nitrogens with zero attached hydrogens (tertiary/aromatic N) is 3. The second kappa shape index (κ2) is 7.27. The van der Waals surface area contributed by atoms with Crippen molar-refractivity contribution in [3.63, 3.8) is 0 Å². The van der Waals surface area contributed by atoms with E-state index in [-0.39, 0.29) is 0 Å². The summed E-state index contributed by atoms with van der Waals surface area (Å²) in [7, 11) is 0. The van der Waals surface area contributed by atoms with E-state index < -0.39 is 0 Å². The number of benzene rings is 1. The molecule has 2 N–H and O–H groups in total. The Bertz CT molecular complexity index is 568. The van der Waals surface area contributed by atoms with Gasteiger partial charge in [0.1, 0.15) is 5.82 Å². The Labute approximate surface area is 127 Å². The van der Waals surface area contributed by atoms with Crippen molar-refractivity contribution < 1.29 is 0 Å². The number of aromatic nitrogens is 2. The molecule has 1 aromatic heterocycles. The molecule has 114 valence electrons. The molecule has 0 unspecified atom stereocenters. The molecule has 0 atom stereocenters. The topological polar surface area (TPSA) is 47.1 Å². The van der Waals surface area contributed by atoms with Crippen molar-refractivity contribution >= 4 is 5.82 Å². The Hall–Kier alpha value is -1.81. The Kier molecular flexibility index (Phi) is 5.39. The van der Waals surface area contributed by atoms with Crippen molar-refractivity contribution in [2.45, 2.75) is 40.2 Å². The minimum atomic E-state index is 0.751. The van der Waals surface area contributed by atoms with Crippen molar-refractivity contribution in [3.05, 3.63) is 41.6 Å². The van der Waals surface area contributed by atoms with E-state index in [2.05, 4.69) is 42.9 Å². The molecule has 0 fully saturated rings. The van der Waals surface area contributed by atoms with Gasteiger partial charge in [0.05, 0.1) is 11.9 Å². The lowest BCUT2D eigenvalue weighted by molar-refractivity contribution is 0.267. The fourth-order valence-corrected chi connectivity index (χ4v) is 2.65. The largest absolute Gasteiger partial charge is 0.383 e. The Balaban J connectivity index is 2.22. The van der Waals surface area contributed by atoms with Crippen LogP contribution in [0.25, 0.3) is 5.69 Å². The van der Waals surface area contributed by atoms with E-state index in [9.17, 15) is 0 Å². The van der Waals surface area contributed by atoms with Crippen LogP contribution in [-0.4, -0.2) is 27.8 Å². The second-order valence-electron chi connectivity index (χ2n) is 5.53. The van der Waals surface area contributed by atoms with Gasteiger partial charge >= 0.3 is 0 Å². The zero-order valence-corrected chi connectivity index (χ0v) is 13.3. The summed E-state index contributed by atoms with van der Waals surface area (Å²) in [6.45, 7) is 9.58. The van der Waals surface area contributed by atoms with Crippen LogP contribution in [0.3, 0.4) is 0 Å². The first-order valence-corrected chi connectivity index (χ1v) is 7.78. The maximum Gasteiger partial charge on any atom is 0.131 e. The minimum Gasteiger partial charge on any atom is -0.383 e. The number of anilines is 1. The van der Waals surface area contributed by atoms with Crippen molar-refractivity contribution in [3.8, 4) is 5.69 Å². The molecule has 0 bridgehead atoms. The molecule has 21 heavy (non-hydrogen) atoms. The van der Waals surface area contributed by atoms with Crippen LogP contribution in [-0.2, 0) is 6.54 Å². The van der Waals surface area contributed by atoms with Gasteiger partial charge in [-0.3, -0.25) is 4.90 Å². The first kappa shape index (κ1) is 15.6. The van der Waals surface area contributed by atoms with Gasteiger partial charge in [0, 0.05) is 12.1 Å². The molecule has 0 saturated heterocycles. The maximum atomic E-state index is 6.32. The van der Waals surface area contributed by atoms with Crippen LogP contribution < -0.4 is 5.73 Å². The molecular weight excluding hydrogens is 260 g/mol. The molecule has 2 rings (SSSR count). The molecule has 1 aromatic carbocycles. The Morgan fingerprint density at radius 3 is 2.43 bits per heavy atom. The third-order valence-corrected chi connectivity index (χ3v) is 3.70. The van der Waals surface area contributed by atoms with Crippen molar-refractivity contribution in [1.29, 1.82) is 0 Å². The van der Waals surface area contributed by atoms with Crippen molar-refractivity contribution in [2.24, 2.45) is 0 Å². The highest BCUT2D eigenvalue weighted by molar-refractivity contribution is 5.49. The number of hydrogen-bond donors (Lipinski definition) is 1. The molecule has 4 nitrogen and oxygen atoms in total. The second-order valence-corrected chi connectivity index (χ2v) is 5.53. The summed E-state index contributed by atoms with van der Waals surface area (Å²) < 4.78 is 1.85. The lowest BCUT2D eigenvalue weighted by Gasteiger charge is -2.20. The summed E-state index contributed by atoms with van der Waals surface area (Å²) in [4.78, 5) is 2.44. The van der Waals surface area contributed by atoms with Crippen LogP contribution in [0.1, 0.15) is 37.8 Å². The standard InChI is InChI=1S/C17H26N4/c1-4-10-20(11-5-2)13-15-12-19-21(17(15)18)16-9-7-6-8-14(16)3/h6-9,12H,4-5,10-11,13,18H2,1-3H3. The van der Waals surface area contributed by atoms with Gasteiger partial charge in [-0.05, 0) is 44.5 Å². The van der Waals surface area contributed by atoms with Gasteiger partial charge in [0.2, 0.25) is 0 Å². The first-order valence-electron chi connectivity index (χ1n) is 7.78. The van der Waals surface area contributed by atoms with Gasteiger partial charge in [0.25, 0.3) is 0 Å². The Morgan fingerprint density at radius 2 is 1.81 bits per heavy atom. The molecule has 0 aliphatic heterocycles. The molecule has 0 aliphatic rings. The predicted octanol–water partition coefficient (Wildman–Crippen LogP) is 3.38. The van der Waals surface area contributed by atoms with Crippen LogP contribution in [0.5, 0.6) is 0 Å². The summed E-state index contributed by atoms with van der Waals surface area (Å²) >= 11 is 0. The van der Waals surface area contributed by atoms with Gasteiger partial charge in [0.15, 0.2) is 0 Å². The van der Waals surface area contributed by atoms with Crippen LogP contribution in [0.4, 0.5) is 5.82 Å². The van der Waals surface area contributed by atoms with Crippen molar-refractivity contribution in [2.75, 3.05) is 18.8 Å². The molecule has 0 spiro atoms. The van der Waals surface area contributed by atoms with Crippen LogP contribution >= 0.6 is 0 Å². The predicted molar refractivity (Wildman–Crippen MR) is 88.6 cm³/mol.